The number of rotatable bonds is 4. The molecule has 0 bridgehead atoms. The summed E-state index contributed by atoms with van der Waals surface area (Å²) in [6.07, 6.45) is 0. The lowest BCUT2D eigenvalue weighted by atomic mass is 10.1. The second-order valence-corrected chi connectivity index (χ2v) is 4.91. The van der Waals surface area contributed by atoms with Crippen LogP contribution in [0.2, 0.25) is 0 Å². The zero-order chi connectivity index (χ0) is 15.4. The molecule has 0 radical (unpaired) electrons. The summed E-state index contributed by atoms with van der Waals surface area (Å²) in [5.41, 5.74) is 10.8. The van der Waals surface area contributed by atoms with Gasteiger partial charge in [0.05, 0.1) is 23.5 Å². The van der Waals surface area contributed by atoms with Gasteiger partial charge in [0.25, 0.3) is 0 Å². The summed E-state index contributed by atoms with van der Waals surface area (Å²) in [6, 6.07) is 11.2. The third-order valence-electron chi connectivity index (χ3n) is 3.37. The first-order valence-corrected chi connectivity index (χ1v) is 6.92. The zero-order valence-corrected chi connectivity index (χ0v) is 12.6. The van der Waals surface area contributed by atoms with Crippen molar-refractivity contribution in [1.29, 1.82) is 0 Å². The van der Waals surface area contributed by atoms with E-state index in [4.69, 9.17) is 10.5 Å². The zero-order valence-electron chi connectivity index (χ0n) is 12.6. The molecule has 4 heteroatoms. The van der Waals surface area contributed by atoms with E-state index in [2.05, 4.69) is 12.2 Å². The van der Waals surface area contributed by atoms with E-state index in [1.165, 1.54) is 11.1 Å². The highest BCUT2D eigenvalue weighted by Gasteiger charge is 2.15. The van der Waals surface area contributed by atoms with Crippen LogP contribution < -0.4 is 11.1 Å². The van der Waals surface area contributed by atoms with Gasteiger partial charge >= 0.3 is 5.97 Å². The lowest BCUT2D eigenvalue weighted by molar-refractivity contribution is 0.0527. The van der Waals surface area contributed by atoms with E-state index in [1.54, 1.807) is 25.1 Å². The van der Waals surface area contributed by atoms with Gasteiger partial charge in [-0.2, -0.15) is 0 Å². The summed E-state index contributed by atoms with van der Waals surface area (Å²) in [5, 5.41) is 3.22. The van der Waals surface area contributed by atoms with Crippen LogP contribution >= 0.6 is 0 Å². The second kappa shape index (κ2) is 6.31. The molecular formula is C17H20N2O2. The molecule has 0 heterocycles. The van der Waals surface area contributed by atoms with Crippen molar-refractivity contribution < 1.29 is 9.53 Å². The van der Waals surface area contributed by atoms with Gasteiger partial charge in [-0.3, -0.25) is 0 Å². The number of esters is 1. The first-order valence-electron chi connectivity index (χ1n) is 6.92. The maximum absolute atomic E-state index is 12.0. The Kier molecular flexibility index (Phi) is 4.48. The number of nitrogens with one attached hydrogen (secondary N) is 1. The Balaban J connectivity index is 2.38. The van der Waals surface area contributed by atoms with Gasteiger partial charge in [0, 0.05) is 5.69 Å². The predicted molar refractivity (Wildman–Crippen MR) is 86.0 cm³/mol. The number of carbonyl (C=O) groups excluding carboxylic acids is 1. The van der Waals surface area contributed by atoms with Gasteiger partial charge in [0.1, 0.15) is 0 Å². The predicted octanol–water partition coefficient (Wildman–Crippen LogP) is 3.81. The van der Waals surface area contributed by atoms with Crippen molar-refractivity contribution in [2.75, 3.05) is 17.7 Å². The largest absolute Gasteiger partial charge is 0.462 e. The smallest absolute Gasteiger partial charge is 0.340 e. The molecule has 0 saturated heterocycles. The van der Waals surface area contributed by atoms with Crippen molar-refractivity contribution in [2.24, 2.45) is 0 Å². The van der Waals surface area contributed by atoms with Gasteiger partial charge in [0.15, 0.2) is 0 Å². The Labute approximate surface area is 124 Å². The number of para-hydroxylation sites is 1. The molecule has 0 aliphatic rings. The number of hydrogen-bond acceptors (Lipinski definition) is 4. The summed E-state index contributed by atoms with van der Waals surface area (Å²) >= 11 is 0. The number of nitrogens with two attached hydrogens (primary N) is 1. The van der Waals surface area contributed by atoms with E-state index in [0.717, 1.165) is 5.69 Å². The summed E-state index contributed by atoms with van der Waals surface area (Å²) in [4.78, 5) is 12.0. The van der Waals surface area contributed by atoms with E-state index in [0.29, 0.717) is 23.5 Å². The average molecular weight is 284 g/mol. The van der Waals surface area contributed by atoms with Gasteiger partial charge < -0.3 is 15.8 Å². The van der Waals surface area contributed by atoms with E-state index >= 15 is 0 Å². The number of ether oxygens (including phenoxy) is 1. The van der Waals surface area contributed by atoms with Crippen LogP contribution in [-0.4, -0.2) is 12.6 Å². The standard InChI is InChI=1S/C17H20N2O2/c1-4-21-17(20)14-6-5-7-15(18)16(14)19-13-9-8-11(2)12(3)10-13/h5-10,19H,4,18H2,1-3H3. The van der Waals surface area contributed by atoms with Gasteiger partial charge in [-0.1, -0.05) is 12.1 Å². The fraction of sp³-hybridized carbons (Fsp3) is 0.235. The number of benzene rings is 2. The average Bonchev–Trinajstić information content (AvgIpc) is 2.45. The molecule has 0 atom stereocenters. The summed E-state index contributed by atoms with van der Waals surface area (Å²) in [7, 11) is 0. The molecule has 0 saturated carbocycles. The number of hydrogen-bond donors (Lipinski definition) is 2. The van der Waals surface area contributed by atoms with Gasteiger partial charge in [-0.05, 0) is 56.2 Å². The van der Waals surface area contributed by atoms with Crippen LogP contribution in [0.5, 0.6) is 0 Å². The van der Waals surface area contributed by atoms with E-state index in [9.17, 15) is 4.79 Å². The normalized spacial score (nSPS) is 10.2. The van der Waals surface area contributed by atoms with Crippen LogP contribution in [0.15, 0.2) is 36.4 Å². The molecule has 0 amide bonds. The van der Waals surface area contributed by atoms with Crippen LogP contribution in [0.25, 0.3) is 0 Å². The fourth-order valence-corrected chi connectivity index (χ4v) is 2.05. The van der Waals surface area contributed by atoms with Gasteiger partial charge in [-0.25, -0.2) is 4.79 Å². The van der Waals surface area contributed by atoms with Crippen molar-refractivity contribution >= 4 is 23.0 Å². The first-order chi connectivity index (χ1) is 10.0. The van der Waals surface area contributed by atoms with E-state index < -0.39 is 0 Å². The van der Waals surface area contributed by atoms with Crippen molar-refractivity contribution in [3.05, 3.63) is 53.1 Å². The maximum Gasteiger partial charge on any atom is 0.340 e. The SMILES string of the molecule is CCOC(=O)c1cccc(N)c1Nc1ccc(C)c(C)c1. The highest BCUT2D eigenvalue weighted by atomic mass is 16.5. The van der Waals surface area contributed by atoms with Crippen molar-refractivity contribution in [3.63, 3.8) is 0 Å². The molecule has 0 aliphatic carbocycles. The molecule has 0 unspecified atom stereocenters. The van der Waals surface area contributed by atoms with Crippen LogP contribution in [0.4, 0.5) is 17.1 Å². The van der Waals surface area contributed by atoms with E-state index in [-0.39, 0.29) is 5.97 Å². The number of carbonyl (C=O) groups is 1. The highest BCUT2D eigenvalue weighted by Crippen LogP contribution is 2.28. The minimum Gasteiger partial charge on any atom is -0.462 e. The molecule has 4 nitrogen and oxygen atoms in total. The quantitative estimate of drug-likeness (QED) is 0.662. The Hall–Kier alpha value is -2.49. The Morgan fingerprint density at radius 1 is 1.19 bits per heavy atom. The summed E-state index contributed by atoms with van der Waals surface area (Å²) < 4.78 is 5.07. The molecule has 0 aromatic heterocycles. The van der Waals surface area contributed by atoms with Crippen molar-refractivity contribution in [3.8, 4) is 0 Å². The number of aryl methyl sites for hydroxylation is 2. The van der Waals surface area contributed by atoms with Crippen LogP contribution in [0.3, 0.4) is 0 Å². The van der Waals surface area contributed by atoms with Crippen LogP contribution in [0, 0.1) is 13.8 Å². The molecule has 0 aliphatic heterocycles. The van der Waals surface area contributed by atoms with Crippen LogP contribution in [0.1, 0.15) is 28.4 Å². The molecule has 0 spiro atoms. The molecular weight excluding hydrogens is 264 g/mol. The van der Waals surface area contributed by atoms with Gasteiger partial charge in [0.2, 0.25) is 0 Å². The molecule has 0 fully saturated rings. The highest BCUT2D eigenvalue weighted by molar-refractivity contribution is 5.99. The van der Waals surface area contributed by atoms with Gasteiger partial charge in [-0.15, -0.1) is 0 Å². The van der Waals surface area contributed by atoms with Crippen LogP contribution in [-0.2, 0) is 4.74 Å². The molecule has 2 aromatic rings. The van der Waals surface area contributed by atoms with E-state index in [1.807, 2.05) is 25.1 Å². The minimum atomic E-state index is -0.379. The Bertz CT molecular complexity index is 666. The monoisotopic (exact) mass is 284 g/mol. The molecule has 3 N–H and O–H groups in total. The molecule has 2 rings (SSSR count). The topological polar surface area (TPSA) is 64.3 Å². The molecule has 2 aromatic carbocycles. The maximum atomic E-state index is 12.0. The van der Waals surface area contributed by atoms with Crippen molar-refractivity contribution in [2.45, 2.75) is 20.8 Å². The lowest BCUT2D eigenvalue weighted by Crippen LogP contribution is -2.09. The first kappa shape index (κ1) is 14.9. The minimum absolute atomic E-state index is 0.330. The fourth-order valence-electron chi connectivity index (χ4n) is 2.05. The number of anilines is 3. The molecule has 110 valence electrons. The third-order valence-corrected chi connectivity index (χ3v) is 3.37. The summed E-state index contributed by atoms with van der Waals surface area (Å²) in [6.45, 7) is 6.21. The van der Waals surface area contributed by atoms with Crippen molar-refractivity contribution in [1.82, 2.24) is 0 Å². The summed E-state index contributed by atoms with van der Waals surface area (Å²) in [5.74, 6) is -0.379. The lowest BCUT2D eigenvalue weighted by Gasteiger charge is -2.14. The Morgan fingerprint density at radius 3 is 2.62 bits per heavy atom. The molecule has 21 heavy (non-hydrogen) atoms. The second-order valence-electron chi connectivity index (χ2n) is 4.91. The number of nitrogen functional groups attached to an aromatic ring is 1. The Morgan fingerprint density at radius 2 is 1.95 bits per heavy atom. The third kappa shape index (κ3) is 3.34.